The number of ether oxygens (including phenoxy) is 2. The van der Waals surface area contributed by atoms with E-state index in [4.69, 9.17) is 9.47 Å². The summed E-state index contributed by atoms with van der Waals surface area (Å²) in [5, 5.41) is 41.4. The first-order valence-electron chi connectivity index (χ1n) is 14.9. The molecule has 8 nitrogen and oxygen atoms in total. The zero-order valence-corrected chi connectivity index (χ0v) is 25.1. The van der Waals surface area contributed by atoms with E-state index in [2.05, 4.69) is 19.6 Å². The van der Waals surface area contributed by atoms with E-state index in [1.807, 2.05) is 19.9 Å². The number of hydrogen-bond donors (Lipinski definition) is 4. The van der Waals surface area contributed by atoms with E-state index in [1.54, 1.807) is 13.8 Å². The summed E-state index contributed by atoms with van der Waals surface area (Å²) in [6.07, 6.45) is 5.12. The molecule has 1 fully saturated rings. The first-order chi connectivity index (χ1) is 18.8. The number of cyclic esters (lactones) is 1. The number of fused-ring (bicyclic) bond motifs is 1. The van der Waals surface area contributed by atoms with Crippen molar-refractivity contribution in [2.45, 2.75) is 129 Å². The highest BCUT2D eigenvalue weighted by atomic mass is 16.6. The lowest BCUT2D eigenvalue weighted by atomic mass is 9.88. The Labute approximate surface area is 240 Å². The van der Waals surface area contributed by atoms with Gasteiger partial charge in [0.2, 0.25) is 0 Å². The van der Waals surface area contributed by atoms with Crippen molar-refractivity contribution in [1.29, 1.82) is 0 Å². The van der Waals surface area contributed by atoms with Crippen LogP contribution in [0.15, 0.2) is 35.5 Å². The minimum atomic E-state index is -1.69. The molecule has 0 spiro atoms. The van der Waals surface area contributed by atoms with Crippen LogP contribution in [-0.2, 0) is 19.1 Å². The Morgan fingerprint density at radius 2 is 1.68 bits per heavy atom. The summed E-state index contributed by atoms with van der Waals surface area (Å²) in [6.45, 7) is 13.2. The number of aliphatic hydroxyl groups excluding tert-OH is 4. The molecule has 8 heteroatoms. The Balaban J connectivity index is 2.10. The van der Waals surface area contributed by atoms with Gasteiger partial charge in [0.25, 0.3) is 0 Å². The molecule has 0 aromatic carbocycles. The van der Waals surface area contributed by atoms with Crippen LogP contribution in [0.2, 0.25) is 0 Å². The highest BCUT2D eigenvalue weighted by Gasteiger charge is 2.38. The first-order valence-corrected chi connectivity index (χ1v) is 14.9. The van der Waals surface area contributed by atoms with Crippen molar-refractivity contribution in [1.82, 2.24) is 0 Å². The fourth-order valence-electron chi connectivity index (χ4n) is 5.47. The van der Waals surface area contributed by atoms with E-state index in [9.17, 15) is 30.0 Å². The van der Waals surface area contributed by atoms with Crippen molar-refractivity contribution in [2.75, 3.05) is 6.61 Å². The third-order valence-corrected chi connectivity index (χ3v) is 8.27. The number of carbonyl (C=O) groups excluding carboxylic acids is 2. The molecule has 6 unspecified atom stereocenters. The third kappa shape index (κ3) is 11.6. The van der Waals surface area contributed by atoms with Crippen LogP contribution in [0.25, 0.3) is 0 Å². The molecular formula is C32H52O8. The topological polar surface area (TPSA) is 137 Å². The lowest BCUT2D eigenvalue weighted by molar-refractivity contribution is -0.149. The van der Waals surface area contributed by atoms with Crippen molar-refractivity contribution in [2.24, 2.45) is 17.8 Å². The molecule has 9 atom stereocenters. The standard InChI is InChI=1S/C32H52O8/c1-19-12-20(2)14-29-28(40-29)11-9-7-8-10-21(3)32(38)39-26(18-33)16-24(6)30(36)31(37)27(35)17-25(34)15-23(5)22(4)13-19/h10,13,20,23-26,28-31,33-34,36-37H,1,7-9,11-12,14-18H2,2-6H3/b21-10+,22-13+/t20?,23?,24?,25-,26?,28+,29+,30?,31?/m1/s1. The SMILES string of the molecule is C=C1/C=C(\C)C(C)C[C@@H](O)CC(=O)C(O)C(O)C(C)CC(CO)OC(=O)/C(C)=C/CCCC[C@@H]2O[C@H]2CC(C)C1. The number of ketones is 1. The summed E-state index contributed by atoms with van der Waals surface area (Å²) in [5.41, 5.74) is 2.54. The van der Waals surface area contributed by atoms with Crippen molar-refractivity contribution in [3.05, 3.63) is 35.5 Å². The molecule has 1 saturated heterocycles. The van der Waals surface area contributed by atoms with Crippen molar-refractivity contribution >= 4 is 11.8 Å². The Bertz CT molecular complexity index is 909. The zero-order chi connectivity index (χ0) is 30.0. The van der Waals surface area contributed by atoms with Crippen LogP contribution in [0.1, 0.15) is 92.4 Å². The van der Waals surface area contributed by atoms with Gasteiger partial charge in [-0.05, 0) is 76.5 Å². The largest absolute Gasteiger partial charge is 0.457 e. The molecule has 2 rings (SSSR count). The van der Waals surface area contributed by atoms with E-state index in [0.29, 0.717) is 24.0 Å². The molecule has 228 valence electrons. The number of esters is 1. The molecule has 0 aliphatic carbocycles. The number of carbonyl (C=O) groups is 2. The molecule has 0 radical (unpaired) electrons. The van der Waals surface area contributed by atoms with Gasteiger partial charge in [0.1, 0.15) is 12.2 Å². The highest BCUT2D eigenvalue weighted by molar-refractivity contribution is 5.87. The van der Waals surface area contributed by atoms with E-state index in [-0.39, 0.29) is 24.9 Å². The quantitative estimate of drug-likeness (QED) is 0.275. The van der Waals surface area contributed by atoms with Crippen LogP contribution in [0, 0.1) is 17.8 Å². The van der Waals surface area contributed by atoms with Gasteiger partial charge in [-0.25, -0.2) is 4.79 Å². The maximum Gasteiger partial charge on any atom is 0.333 e. The Kier molecular flexibility index (Phi) is 14.2. The van der Waals surface area contributed by atoms with E-state index in [1.165, 1.54) is 0 Å². The summed E-state index contributed by atoms with van der Waals surface area (Å²) in [5.74, 6) is -1.41. The Morgan fingerprint density at radius 1 is 0.975 bits per heavy atom. The number of epoxide rings is 1. The van der Waals surface area contributed by atoms with Gasteiger partial charge in [0.15, 0.2) is 5.78 Å². The van der Waals surface area contributed by atoms with Gasteiger partial charge in [-0.15, -0.1) is 0 Å². The molecule has 0 aromatic rings. The van der Waals surface area contributed by atoms with Gasteiger partial charge in [-0.3, -0.25) is 4.79 Å². The normalized spacial score (nSPS) is 39.7. The third-order valence-electron chi connectivity index (χ3n) is 8.27. The van der Waals surface area contributed by atoms with Gasteiger partial charge in [0, 0.05) is 12.0 Å². The lowest BCUT2D eigenvalue weighted by Gasteiger charge is -2.27. The summed E-state index contributed by atoms with van der Waals surface area (Å²) in [6, 6.07) is 0. The van der Waals surface area contributed by atoms with Gasteiger partial charge in [0.05, 0.1) is 31.0 Å². The van der Waals surface area contributed by atoms with Crippen molar-refractivity contribution in [3.63, 3.8) is 0 Å². The maximum absolute atomic E-state index is 12.6. The summed E-state index contributed by atoms with van der Waals surface area (Å²) in [4.78, 5) is 25.2. The van der Waals surface area contributed by atoms with E-state index >= 15 is 0 Å². The summed E-state index contributed by atoms with van der Waals surface area (Å²) in [7, 11) is 0. The monoisotopic (exact) mass is 564 g/mol. The maximum atomic E-state index is 12.6. The van der Waals surface area contributed by atoms with Crippen LogP contribution < -0.4 is 0 Å². The number of allylic oxidation sites excluding steroid dienone is 4. The molecule has 40 heavy (non-hydrogen) atoms. The second-order valence-corrected chi connectivity index (χ2v) is 12.3. The van der Waals surface area contributed by atoms with Gasteiger partial charge >= 0.3 is 5.97 Å². The second kappa shape index (κ2) is 16.6. The molecule has 0 aromatic heterocycles. The Hall–Kier alpha value is -1.84. The molecule has 0 saturated carbocycles. The minimum Gasteiger partial charge on any atom is -0.457 e. The van der Waals surface area contributed by atoms with Crippen LogP contribution in [-0.4, -0.2) is 75.4 Å². The average Bonchev–Trinajstić information content (AvgIpc) is 3.62. The number of hydrogen-bond acceptors (Lipinski definition) is 8. The molecule has 2 aliphatic rings. The molecular weight excluding hydrogens is 512 g/mol. The summed E-state index contributed by atoms with van der Waals surface area (Å²) >= 11 is 0. The lowest BCUT2D eigenvalue weighted by Crippen LogP contribution is -2.41. The number of Topliss-reactive ketones (excluding diaryl/α,β-unsaturated/α-hetero) is 1. The van der Waals surface area contributed by atoms with Crippen LogP contribution >= 0.6 is 0 Å². The predicted octanol–water partition coefficient (Wildman–Crippen LogP) is 4.19. The molecule has 0 bridgehead atoms. The molecule has 2 aliphatic heterocycles. The fraction of sp³-hybridized carbons (Fsp3) is 0.750. The van der Waals surface area contributed by atoms with Crippen LogP contribution in [0.3, 0.4) is 0 Å². The molecule has 2 heterocycles. The van der Waals surface area contributed by atoms with E-state index in [0.717, 1.165) is 49.7 Å². The van der Waals surface area contributed by atoms with Gasteiger partial charge < -0.3 is 29.9 Å². The number of aliphatic hydroxyl groups is 4. The van der Waals surface area contributed by atoms with Gasteiger partial charge in [-0.2, -0.15) is 0 Å². The average molecular weight is 565 g/mol. The zero-order valence-electron chi connectivity index (χ0n) is 25.1. The minimum absolute atomic E-state index is 0.00283. The number of rotatable bonds is 1. The highest BCUT2D eigenvalue weighted by Crippen LogP contribution is 2.34. The van der Waals surface area contributed by atoms with Gasteiger partial charge in [-0.1, -0.05) is 57.1 Å². The molecule has 4 N–H and O–H groups in total. The van der Waals surface area contributed by atoms with Crippen molar-refractivity contribution in [3.8, 4) is 0 Å². The Morgan fingerprint density at radius 3 is 2.35 bits per heavy atom. The van der Waals surface area contributed by atoms with E-state index < -0.39 is 48.7 Å². The first kappa shape index (κ1) is 34.4. The van der Waals surface area contributed by atoms with Crippen LogP contribution in [0.5, 0.6) is 0 Å². The second-order valence-electron chi connectivity index (χ2n) is 12.3. The van der Waals surface area contributed by atoms with Crippen molar-refractivity contribution < 1.29 is 39.5 Å². The smallest absolute Gasteiger partial charge is 0.333 e. The fourth-order valence-corrected chi connectivity index (χ4v) is 5.47. The predicted molar refractivity (Wildman–Crippen MR) is 154 cm³/mol. The summed E-state index contributed by atoms with van der Waals surface area (Å²) < 4.78 is 11.3. The van der Waals surface area contributed by atoms with Crippen LogP contribution in [0.4, 0.5) is 0 Å². The molecule has 0 amide bonds.